The number of nitrogens with one attached hydrogen (secondary N) is 1. The van der Waals surface area contributed by atoms with Gasteiger partial charge in [-0.1, -0.05) is 17.7 Å². The molecular weight excluding hydrogens is 326 g/mol. The predicted molar refractivity (Wildman–Crippen MR) is 91.5 cm³/mol. The summed E-state index contributed by atoms with van der Waals surface area (Å²) in [6.07, 6.45) is 2.24. The fraction of sp³-hybridized carbons (Fsp3) is 0.571. The lowest BCUT2D eigenvalue weighted by molar-refractivity contribution is 0.304. The van der Waals surface area contributed by atoms with Crippen LogP contribution in [0.4, 0.5) is 0 Å². The highest BCUT2D eigenvalue weighted by Crippen LogP contribution is 2.18. The Hall–Kier alpha value is -0.800. The van der Waals surface area contributed by atoms with Crippen molar-refractivity contribution in [2.45, 2.75) is 26.7 Å². The van der Waals surface area contributed by atoms with Crippen molar-refractivity contribution in [1.29, 1.82) is 0 Å². The fourth-order valence-electron chi connectivity index (χ4n) is 1.70. The van der Waals surface area contributed by atoms with E-state index in [1.165, 1.54) is 11.1 Å². The second-order valence-corrected chi connectivity index (χ2v) is 6.09. The molecule has 8 heteroatoms. The molecule has 128 valence electrons. The molecule has 0 fully saturated rings. The maximum atomic E-state index is 8.74. The van der Waals surface area contributed by atoms with Crippen LogP contribution < -0.4 is 10.1 Å². The van der Waals surface area contributed by atoms with Crippen LogP contribution in [0, 0.1) is 13.8 Å². The van der Waals surface area contributed by atoms with E-state index in [-0.39, 0.29) is 0 Å². The summed E-state index contributed by atoms with van der Waals surface area (Å²) in [5.74, 6) is 1.91. The molecule has 0 spiro atoms. The van der Waals surface area contributed by atoms with E-state index in [4.69, 9.17) is 22.3 Å². The number of rotatable bonds is 8. The second kappa shape index (κ2) is 11.7. The Labute approximate surface area is 138 Å². The van der Waals surface area contributed by atoms with Crippen LogP contribution >= 0.6 is 12.6 Å². The predicted octanol–water partition coefficient (Wildman–Crippen LogP) is 2.33. The molecule has 3 N–H and O–H groups in total. The summed E-state index contributed by atoms with van der Waals surface area (Å²) in [5.41, 5.74) is 2.50. The van der Waals surface area contributed by atoms with Crippen molar-refractivity contribution in [1.82, 2.24) is 5.32 Å². The normalized spacial score (nSPS) is 10.8. The van der Waals surface area contributed by atoms with Crippen LogP contribution in [0.3, 0.4) is 0 Å². The van der Waals surface area contributed by atoms with Crippen molar-refractivity contribution in [2.75, 3.05) is 25.4 Å². The molecule has 0 aliphatic carbocycles. The SMILES string of the molecule is Cc1ccc(OCCCCNCCS)c(C)c1.O=S(=O)(O)O. The molecule has 0 bridgehead atoms. The van der Waals surface area contributed by atoms with E-state index in [1.807, 2.05) is 0 Å². The molecule has 6 nitrogen and oxygen atoms in total. The van der Waals surface area contributed by atoms with Gasteiger partial charge in [-0.2, -0.15) is 21.0 Å². The molecule has 0 saturated heterocycles. The summed E-state index contributed by atoms with van der Waals surface area (Å²) in [6, 6.07) is 6.31. The second-order valence-electron chi connectivity index (χ2n) is 4.75. The molecule has 22 heavy (non-hydrogen) atoms. The highest BCUT2D eigenvalue weighted by atomic mass is 32.3. The van der Waals surface area contributed by atoms with Gasteiger partial charge in [-0.05, 0) is 44.9 Å². The molecule has 0 aliphatic heterocycles. The van der Waals surface area contributed by atoms with E-state index in [0.29, 0.717) is 0 Å². The first-order chi connectivity index (χ1) is 10.2. The molecule has 0 atom stereocenters. The minimum absolute atomic E-state index is 0.798. The zero-order valence-electron chi connectivity index (χ0n) is 12.9. The molecule has 0 saturated carbocycles. The van der Waals surface area contributed by atoms with Crippen molar-refractivity contribution >= 4 is 23.0 Å². The van der Waals surface area contributed by atoms with E-state index in [2.05, 4.69) is 50.0 Å². The highest BCUT2D eigenvalue weighted by Gasteiger charge is 1.98. The average molecular weight is 351 g/mol. The van der Waals surface area contributed by atoms with Crippen LogP contribution in [0.2, 0.25) is 0 Å². The van der Waals surface area contributed by atoms with Gasteiger partial charge in [-0.25, -0.2) is 0 Å². The van der Waals surface area contributed by atoms with Crippen LogP contribution in [-0.4, -0.2) is 43.0 Å². The molecule has 0 radical (unpaired) electrons. The average Bonchev–Trinajstić information content (AvgIpc) is 2.38. The van der Waals surface area contributed by atoms with Crippen LogP contribution in [0.15, 0.2) is 18.2 Å². The first-order valence-corrected chi connectivity index (χ1v) is 8.98. The van der Waals surface area contributed by atoms with E-state index in [9.17, 15) is 0 Å². The lowest BCUT2D eigenvalue weighted by atomic mass is 10.1. The van der Waals surface area contributed by atoms with Crippen LogP contribution in [-0.2, 0) is 10.4 Å². The van der Waals surface area contributed by atoms with E-state index in [1.54, 1.807) is 0 Å². The molecular formula is C14H25NO5S2. The van der Waals surface area contributed by atoms with Crippen molar-refractivity contribution in [3.8, 4) is 5.75 Å². The largest absolute Gasteiger partial charge is 0.493 e. The van der Waals surface area contributed by atoms with E-state index in [0.717, 1.165) is 44.0 Å². The Balaban J connectivity index is 0.000000763. The lowest BCUT2D eigenvalue weighted by Gasteiger charge is -2.09. The number of hydrogen-bond acceptors (Lipinski definition) is 5. The number of ether oxygens (including phenoxy) is 1. The Kier molecular flexibility index (Phi) is 11.3. The van der Waals surface area contributed by atoms with Gasteiger partial charge in [0.1, 0.15) is 5.75 Å². The first kappa shape index (κ1) is 21.2. The van der Waals surface area contributed by atoms with Gasteiger partial charge in [0.25, 0.3) is 0 Å². The van der Waals surface area contributed by atoms with Crippen LogP contribution in [0.1, 0.15) is 24.0 Å². The summed E-state index contributed by atoms with van der Waals surface area (Å²) in [4.78, 5) is 0. The van der Waals surface area contributed by atoms with Gasteiger partial charge in [0.2, 0.25) is 0 Å². The summed E-state index contributed by atoms with van der Waals surface area (Å²) in [5, 5.41) is 3.32. The van der Waals surface area contributed by atoms with Gasteiger partial charge >= 0.3 is 10.4 Å². The van der Waals surface area contributed by atoms with Crippen molar-refractivity contribution < 1.29 is 22.3 Å². The molecule has 0 heterocycles. The van der Waals surface area contributed by atoms with E-state index >= 15 is 0 Å². The minimum atomic E-state index is -4.67. The van der Waals surface area contributed by atoms with Gasteiger partial charge in [-0.3, -0.25) is 9.11 Å². The highest BCUT2D eigenvalue weighted by molar-refractivity contribution is 7.80. The number of benzene rings is 1. The zero-order chi connectivity index (χ0) is 17.0. The van der Waals surface area contributed by atoms with Gasteiger partial charge in [-0.15, -0.1) is 0 Å². The number of thiol groups is 1. The molecule has 1 aromatic rings. The van der Waals surface area contributed by atoms with Crippen LogP contribution in [0.5, 0.6) is 5.75 Å². The summed E-state index contributed by atoms with van der Waals surface area (Å²) in [6.45, 7) is 7.03. The maximum Gasteiger partial charge on any atom is 0.394 e. The minimum Gasteiger partial charge on any atom is -0.493 e. The third kappa shape index (κ3) is 14.2. The number of hydrogen-bond donors (Lipinski definition) is 4. The monoisotopic (exact) mass is 351 g/mol. The molecule has 0 aliphatic rings. The Morgan fingerprint density at radius 2 is 1.82 bits per heavy atom. The summed E-state index contributed by atoms with van der Waals surface area (Å²) < 4.78 is 37.3. The molecule has 0 amide bonds. The van der Waals surface area contributed by atoms with E-state index < -0.39 is 10.4 Å². The Bertz CT molecular complexity index is 512. The maximum absolute atomic E-state index is 8.74. The Morgan fingerprint density at radius 1 is 1.18 bits per heavy atom. The quantitative estimate of drug-likeness (QED) is 0.326. The lowest BCUT2D eigenvalue weighted by Crippen LogP contribution is -2.18. The van der Waals surface area contributed by atoms with Crippen molar-refractivity contribution in [3.05, 3.63) is 29.3 Å². The van der Waals surface area contributed by atoms with Crippen molar-refractivity contribution in [2.24, 2.45) is 0 Å². The third-order valence-corrected chi connectivity index (χ3v) is 2.85. The van der Waals surface area contributed by atoms with Gasteiger partial charge in [0.05, 0.1) is 6.61 Å². The molecule has 1 rings (SSSR count). The number of unbranched alkanes of at least 4 members (excludes halogenated alkanes) is 1. The van der Waals surface area contributed by atoms with Crippen LogP contribution in [0.25, 0.3) is 0 Å². The third-order valence-electron chi connectivity index (χ3n) is 2.62. The molecule has 0 aromatic heterocycles. The zero-order valence-corrected chi connectivity index (χ0v) is 14.7. The van der Waals surface area contributed by atoms with Gasteiger partial charge in [0, 0.05) is 12.3 Å². The molecule has 1 aromatic carbocycles. The smallest absolute Gasteiger partial charge is 0.394 e. The summed E-state index contributed by atoms with van der Waals surface area (Å²) in [7, 11) is -4.67. The van der Waals surface area contributed by atoms with Crippen molar-refractivity contribution in [3.63, 3.8) is 0 Å². The fourth-order valence-corrected chi connectivity index (χ4v) is 1.86. The first-order valence-electron chi connectivity index (χ1n) is 6.95. The summed E-state index contributed by atoms with van der Waals surface area (Å²) >= 11 is 4.14. The van der Waals surface area contributed by atoms with Gasteiger partial charge in [0.15, 0.2) is 0 Å². The number of aryl methyl sites for hydroxylation is 2. The van der Waals surface area contributed by atoms with Gasteiger partial charge < -0.3 is 10.1 Å². The Morgan fingerprint density at radius 3 is 2.36 bits per heavy atom. The molecule has 0 unspecified atom stereocenters. The topological polar surface area (TPSA) is 95.9 Å². The standard InChI is InChI=1S/C14H23NOS.H2O4S/c1-12-5-6-14(13(2)11-12)16-9-4-3-7-15-8-10-17;1-5(2,3)4/h5-6,11,15,17H,3-4,7-10H2,1-2H3;(H2,1,2,3,4).